The number of halogens is 3. The summed E-state index contributed by atoms with van der Waals surface area (Å²) in [6.45, 7) is -0.464. The Bertz CT molecular complexity index is 644. The quantitative estimate of drug-likeness (QED) is 0.848. The molecule has 2 aromatic rings. The van der Waals surface area contributed by atoms with Crippen molar-refractivity contribution in [2.24, 2.45) is 7.05 Å². The van der Waals surface area contributed by atoms with Gasteiger partial charge in [-0.05, 0) is 12.1 Å². The van der Waals surface area contributed by atoms with Crippen molar-refractivity contribution in [1.29, 1.82) is 0 Å². The number of hydrogen-bond donors (Lipinski definition) is 0. The molecular formula is C13H14F3N3O. The molecule has 1 fully saturated rings. The minimum atomic E-state index is -4.37. The summed E-state index contributed by atoms with van der Waals surface area (Å²) >= 11 is 0. The van der Waals surface area contributed by atoms with Crippen molar-refractivity contribution in [2.45, 2.75) is 11.8 Å². The molecule has 20 heavy (non-hydrogen) atoms. The number of alkyl halides is 3. The second-order valence-corrected chi connectivity index (χ2v) is 5.01. The van der Waals surface area contributed by atoms with E-state index in [4.69, 9.17) is 4.74 Å². The molecule has 1 saturated heterocycles. The first kappa shape index (κ1) is 13.2. The van der Waals surface area contributed by atoms with Crippen LogP contribution in [-0.2, 0) is 11.8 Å². The lowest BCUT2D eigenvalue weighted by atomic mass is 9.93. The summed E-state index contributed by atoms with van der Waals surface area (Å²) in [7, 11) is 2.89. The largest absolute Gasteiger partial charge is 0.420 e. The number of aryl methyl sites for hydroxylation is 1. The van der Waals surface area contributed by atoms with Crippen LogP contribution in [0.15, 0.2) is 24.3 Å². The number of fused-ring (bicyclic) bond motifs is 1. The minimum Gasteiger partial charge on any atom is -0.365 e. The third-order valence-electron chi connectivity index (χ3n) is 3.85. The Labute approximate surface area is 113 Å². The van der Waals surface area contributed by atoms with Gasteiger partial charge in [-0.1, -0.05) is 12.1 Å². The van der Waals surface area contributed by atoms with Crippen LogP contribution < -0.4 is 4.90 Å². The Balaban J connectivity index is 1.91. The molecule has 0 amide bonds. The highest BCUT2D eigenvalue weighted by Crippen LogP contribution is 2.42. The fourth-order valence-corrected chi connectivity index (χ4v) is 2.55. The number of anilines is 1. The summed E-state index contributed by atoms with van der Waals surface area (Å²) in [5.41, 5.74) is -0.415. The van der Waals surface area contributed by atoms with Crippen molar-refractivity contribution < 1.29 is 17.9 Å². The van der Waals surface area contributed by atoms with Crippen molar-refractivity contribution in [2.75, 3.05) is 25.1 Å². The van der Waals surface area contributed by atoms with Gasteiger partial charge in [0.1, 0.15) is 0 Å². The smallest absolute Gasteiger partial charge is 0.365 e. The van der Waals surface area contributed by atoms with Gasteiger partial charge in [-0.2, -0.15) is 13.2 Å². The van der Waals surface area contributed by atoms with Gasteiger partial charge >= 0.3 is 6.18 Å². The first-order valence-electron chi connectivity index (χ1n) is 6.16. The molecule has 0 bridgehead atoms. The number of para-hydroxylation sites is 2. The van der Waals surface area contributed by atoms with E-state index in [0.29, 0.717) is 5.95 Å². The summed E-state index contributed by atoms with van der Waals surface area (Å²) in [4.78, 5) is 5.96. The molecule has 0 radical (unpaired) electrons. The van der Waals surface area contributed by atoms with E-state index in [9.17, 15) is 13.2 Å². The zero-order valence-electron chi connectivity index (χ0n) is 11.1. The molecular weight excluding hydrogens is 271 g/mol. The molecule has 3 rings (SSSR count). The van der Waals surface area contributed by atoms with Gasteiger partial charge in [-0.3, -0.25) is 0 Å². The fourth-order valence-electron chi connectivity index (χ4n) is 2.55. The van der Waals surface area contributed by atoms with E-state index in [0.717, 1.165) is 18.1 Å². The first-order valence-corrected chi connectivity index (χ1v) is 6.16. The van der Waals surface area contributed by atoms with Crippen LogP contribution in [0.25, 0.3) is 11.0 Å². The molecule has 2 heterocycles. The fraction of sp³-hybridized carbons (Fsp3) is 0.462. The molecule has 0 unspecified atom stereocenters. The normalized spacial score (nSPS) is 18.4. The number of ether oxygens (including phenoxy) is 1. The van der Waals surface area contributed by atoms with Gasteiger partial charge in [0.25, 0.3) is 0 Å². The van der Waals surface area contributed by atoms with Crippen LogP contribution in [0.2, 0.25) is 0 Å². The maximum Gasteiger partial charge on any atom is 0.420 e. The monoisotopic (exact) mass is 285 g/mol. The molecule has 0 aliphatic carbocycles. The van der Waals surface area contributed by atoms with Crippen LogP contribution in [0.3, 0.4) is 0 Å². The highest BCUT2D eigenvalue weighted by Gasteiger charge is 2.63. The zero-order chi connectivity index (χ0) is 14.5. The molecule has 0 N–H and O–H groups in total. The van der Waals surface area contributed by atoms with Gasteiger partial charge < -0.3 is 14.2 Å². The van der Waals surface area contributed by atoms with Crippen molar-refractivity contribution in [3.05, 3.63) is 24.3 Å². The third-order valence-corrected chi connectivity index (χ3v) is 3.85. The average molecular weight is 285 g/mol. The van der Waals surface area contributed by atoms with Crippen molar-refractivity contribution >= 4 is 17.0 Å². The minimum absolute atomic E-state index is 0.232. The maximum atomic E-state index is 13.0. The van der Waals surface area contributed by atoms with Crippen molar-refractivity contribution in [3.63, 3.8) is 0 Å². The predicted molar refractivity (Wildman–Crippen MR) is 68.7 cm³/mol. The van der Waals surface area contributed by atoms with E-state index in [-0.39, 0.29) is 13.1 Å². The maximum absolute atomic E-state index is 13.0. The lowest BCUT2D eigenvalue weighted by molar-refractivity contribution is -0.277. The molecule has 1 aliphatic rings. The third kappa shape index (κ3) is 1.69. The Morgan fingerprint density at radius 3 is 2.45 bits per heavy atom. The van der Waals surface area contributed by atoms with Gasteiger partial charge in [-0.15, -0.1) is 0 Å². The predicted octanol–water partition coefficient (Wildman–Crippen LogP) is 2.34. The van der Waals surface area contributed by atoms with E-state index < -0.39 is 11.8 Å². The highest BCUT2D eigenvalue weighted by molar-refractivity contribution is 5.78. The molecule has 0 atom stereocenters. The molecule has 4 nitrogen and oxygen atoms in total. The van der Waals surface area contributed by atoms with E-state index in [1.54, 1.807) is 16.5 Å². The number of rotatable bonds is 2. The van der Waals surface area contributed by atoms with Crippen LogP contribution in [0.5, 0.6) is 0 Å². The second-order valence-electron chi connectivity index (χ2n) is 5.01. The number of methoxy groups -OCH3 is 1. The van der Waals surface area contributed by atoms with E-state index in [1.807, 2.05) is 24.3 Å². The van der Waals surface area contributed by atoms with E-state index >= 15 is 0 Å². The number of imidazole rings is 1. The summed E-state index contributed by atoms with van der Waals surface area (Å²) < 4.78 is 45.4. The zero-order valence-corrected chi connectivity index (χ0v) is 11.1. The van der Waals surface area contributed by atoms with Gasteiger partial charge in [0.05, 0.1) is 24.1 Å². The lowest BCUT2D eigenvalue weighted by Gasteiger charge is -2.49. The van der Waals surface area contributed by atoms with Gasteiger partial charge in [0.2, 0.25) is 5.95 Å². The summed E-state index contributed by atoms with van der Waals surface area (Å²) in [6, 6.07) is 7.45. The standard InChI is InChI=1S/C13H14F3N3O/c1-18-10-6-4-3-5-9(10)17-11(18)19-7-12(8-19,20-2)13(14,15)16/h3-6H,7-8H2,1-2H3. The molecule has 1 aromatic carbocycles. The average Bonchev–Trinajstić information content (AvgIpc) is 2.65. The molecule has 1 aromatic heterocycles. The van der Waals surface area contributed by atoms with Crippen LogP contribution in [0.1, 0.15) is 0 Å². The van der Waals surface area contributed by atoms with Crippen LogP contribution >= 0.6 is 0 Å². The van der Waals surface area contributed by atoms with Crippen LogP contribution in [-0.4, -0.2) is 41.5 Å². The lowest BCUT2D eigenvalue weighted by Crippen LogP contribution is -2.70. The Morgan fingerprint density at radius 1 is 1.25 bits per heavy atom. The summed E-state index contributed by atoms with van der Waals surface area (Å²) in [5.74, 6) is 0.531. The van der Waals surface area contributed by atoms with Crippen molar-refractivity contribution in [3.8, 4) is 0 Å². The highest BCUT2D eigenvalue weighted by atomic mass is 19.4. The van der Waals surface area contributed by atoms with Crippen LogP contribution in [0, 0.1) is 0 Å². The Morgan fingerprint density at radius 2 is 1.90 bits per heavy atom. The number of nitrogens with zero attached hydrogens (tertiary/aromatic N) is 3. The molecule has 108 valence electrons. The van der Waals surface area contributed by atoms with Gasteiger partial charge in [-0.25, -0.2) is 4.98 Å². The Hall–Kier alpha value is -1.76. The van der Waals surface area contributed by atoms with E-state index in [2.05, 4.69) is 4.98 Å². The molecule has 1 aliphatic heterocycles. The number of benzene rings is 1. The van der Waals surface area contributed by atoms with Crippen LogP contribution in [0.4, 0.5) is 19.1 Å². The Kier molecular flexibility index (Phi) is 2.72. The topological polar surface area (TPSA) is 30.3 Å². The van der Waals surface area contributed by atoms with Gasteiger partial charge in [0, 0.05) is 14.2 Å². The van der Waals surface area contributed by atoms with E-state index in [1.165, 1.54) is 0 Å². The molecule has 0 spiro atoms. The van der Waals surface area contributed by atoms with Gasteiger partial charge in [0.15, 0.2) is 5.60 Å². The SMILES string of the molecule is COC1(C(F)(F)F)CN(c2nc3ccccc3n2C)C1. The number of hydrogen-bond acceptors (Lipinski definition) is 3. The second kappa shape index (κ2) is 4.12. The molecule has 0 saturated carbocycles. The molecule has 7 heteroatoms. The van der Waals surface area contributed by atoms with Crippen molar-refractivity contribution in [1.82, 2.24) is 9.55 Å². The summed E-state index contributed by atoms with van der Waals surface area (Å²) in [6.07, 6.45) is -4.37. The first-order chi connectivity index (χ1) is 9.38. The number of aromatic nitrogens is 2. The summed E-state index contributed by atoms with van der Waals surface area (Å²) in [5, 5.41) is 0.